The van der Waals surface area contributed by atoms with Gasteiger partial charge in [-0.25, -0.2) is 14.0 Å². The number of aromatic nitrogens is 2. The first-order valence-corrected chi connectivity index (χ1v) is 14.6. The lowest BCUT2D eigenvalue weighted by molar-refractivity contribution is 0.0525. The maximum absolute atomic E-state index is 13.5. The van der Waals surface area contributed by atoms with Gasteiger partial charge in [0.15, 0.2) is 0 Å². The summed E-state index contributed by atoms with van der Waals surface area (Å²) < 4.78 is 20.6. The molecule has 1 amide bonds. The van der Waals surface area contributed by atoms with Crippen LogP contribution in [0.2, 0.25) is 0 Å². The number of nitrogens with one attached hydrogen (secondary N) is 2. The fourth-order valence-electron chi connectivity index (χ4n) is 5.60. The Morgan fingerprint density at radius 2 is 1.85 bits per heavy atom. The number of hydrogen-bond donors (Lipinski definition) is 2. The van der Waals surface area contributed by atoms with Gasteiger partial charge in [-0.2, -0.15) is 4.98 Å². The number of carbonyl (C=O) groups excluding carboxylic acids is 1. The van der Waals surface area contributed by atoms with E-state index in [1.807, 2.05) is 37.6 Å². The van der Waals surface area contributed by atoms with Crippen molar-refractivity contribution in [3.63, 3.8) is 0 Å². The van der Waals surface area contributed by atoms with E-state index in [0.717, 1.165) is 80.5 Å². The van der Waals surface area contributed by atoms with Crippen molar-refractivity contribution in [1.82, 2.24) is 19.8 Å². The van der Waals surface area contributed by atoms with E-state index in [0.29, 0.717) is 12.4 Å². The van der Waals surface area contributed by atoms with Gasteiger partial charge in [0.25, 0.3) is 0 Å². The second-order valence-electron chi connectivity index (χ2n) is 12.1. The van der Waals surface area contributed by atoms with Crippen LogP contribution in [0.1, 0.15) is 68.3 Å². The number of anilines is 2. The minimum absolute atomic E-state index is 0.128. The van der Waals surface area contributed by atoms with Crippen LogP contribution >= 0.6 is 0 Å². The van der Waals surface area contributed by atoms with Crippen LogP contribution in [0.4, 0.5) is 20.7 Å². The van der Waals surface area contributed by atoms with Crippen molar-refractivity contribution in [2.75, 3.05) is 31.5 Å². The minimum atomic E-state index is -0.495. The van der Waals surface area contributed by atoms with Gasteiger partial charge in [-0.3, -0.25) is 4.57 Å². The standard InChI is InChI=1S/C32H40FN5O3/c1-32(2,3)41-31(40)34-14-5-15-37-16-12-27(13-17-37)38-21-25-20-24-11-10-23(9-8-22-6-4-7-26(33)18-22)19-28(24)35-29(25)36-30(38)39/h4,6-7,10-11,18-19,21,27H,5,8-9,12-17,20H2,1-3H3,(H,34,40)(H,35,36,39). The Balaban J connectivity index is 1.13. The summed E-state index contributed by atoms with van der Waals surface area (Å²) in [5.74, 6) is 0.425. The number of rotatable bonds is 8. The molecule has 0 radical (unpaired) electrons. The topological polar surface area (TPSA) is 88.5 Å². The average molecular weight is 562 g/mol. The zero-order chi connectivity index (χ0) is 29.0. The molecule has 0 bridgehead atoms. The predicted molar refractivity (Wildman–Crippen MR) is 158 cm³/mol. The highest BCUT2D eigenvalue weighted by atomic mass is 19.1. The fraction of sp³-hybridized carbons (Fsp3) is 0.469. The summed E-state index contributed by atoms with van der Waals surface area (Å²) in [5, 5.41) is 6.20. The van der Waals surface area contributed by atoms with Gasteiger partial charge in [-0.05, 0) is 94.3 Å². The molecule has 0 saturated carbocycles. The van der Waals surface area contributed by atoms with Crippen molar-refractivity contribution in [3.8, 4) is 0 Å². The van der Waals surface area contributed by atoms with Crippen LogP contribution in [-0.4, -0.2) is 52.3 Å². The quantitative estimate of drug-likeness (QED) is 0.282. The summed E-state index contributed by atoms with van der Waals surface area (Å²) in [5.41, 5.74) is 4.60. The number of amides is 1. The first-order valence-electron chi connectivity index (χ1n) is 14.6. The van der Waals surface area contributed by atoms with Gasteiger partial charge in [0, 0.05) is 49.5 Å². The second kappa shape index (κ2) is 12.4. The normalized spacial score (nSPS) is 15.5. The van der Waals surface area contributed by atoms with Crippen molar-refractivity contribution in [1.29, 1.82) is 0 Å². The third kappa shape index (κ3) is 7.73. The molecule has 5 rings (SSSR count). The number of ether oxygens (including phenoxy) is 1. The van der Waals surface area contributed by atoms with Crippen molar-refractivity contribution in [3.05, 3.63) is 87.2 Å². The van der Waals surface area contributed by atoms with Crippen LogP contribution in [0.25, 0.3) is 0 Å². The molecule has 0 aliphatic carbocycles. The third-order valence-corrected chi connectivity index (χ3v) is 7.70. The van der Waals surface area contributed by atoms with Gasteiger partial charge in [0.05, 0.1) is 0 Å². The highest BCUT2D eigenvalue weighted by molar-refractivity contribution is 5.69. The highest BCUT2D eigenvalue weighted by Crippen LogP contribution is 2.32. The first kappa shape index (κ1) is 28.8. The van der Waals surface area contributed by atoms with Gasteiger partial charge in [0.1, 0.15) is 17.2 Å². The number of aryl methyl sites for hydroxylation is 2. The summed E-state index contributed by atoms with van der Waals surface area (Å²) in [6.07, 6.45) is 6.52. The van der Waals surface area contributed by atoms with Crippen LogP contribution in [0.5, 0.6) is 0 Å². The van der Waals surface area contributed by atoms with Gasteiger partial charge in [-0.1, -0.05) is 24.3 Å². The molecule has 2 aliphatic heterocycles. The molecule has 3 aromatic rings. The highest BCUT2D eigenvalue weighted by Gasteiger charge is 2.24. The Bertz CT molecular complexity index is 1440. The molecule has 2 aromatic carbocycles. The van der Waals surface area contributed by atoms with Crippen LogP contribution in [0, 0.1) is 5.82 Å². The minimum Gasteiger partial charge on any atom is -0.444 e. The molecule has 2 N–H and O–H groups in total. The van der Waals surface area contributed by atoms with Gasteiger partial charge < -0.3 is 20.3 Å². The smallest absolute Gasteiger partial charge is 0.407 e. The summed E-state index contributed by atoms with van der Waals surface area (Å²) in [6, 6.07) is 13.2. The number of fused-ring (bicyclic) bond motifs is 2. The van der Waals surface area contributed by atoms with E-state index >= 15 is 0 Å². The van der Waals surface area contributed by atoms with E-state index < -0.39 is 5.60 Å². The Morgan fingerprint density at radius 1 is 1.10 bits per heavy atom. The van der Waals surface area contributed by atoms with E-state index in [1.165, 1.54) is 11.6 Å². The van der Waals surface area contributed by atoms with Gasteiger partial charge >= 0.3 is 11.8 Å². The Hall–Kier alpha value is -3.72. The number of benzene rings is 2. The maximum atomic E-state index is 13.5. The van der Waals surface area contributed by atoms with Crippen molar-refractivity contribution < 1.29 is 13.9 Å². The number of piperidine rings is 1. The SMILES string of the molecule is CC(C)(C)OC(=O)NCCCN1CCC(n2cc3c(nc2=O)Nc2cc(CCc4cccc(F)c4)ccc2C3)CC1. The number of carbonyl (C=O) groups is 1. The zero-order valence-electron chi connectivity index (χ0n) is 24.2. The lowest BCUT2D eigenvalue weighted by Crippen LogP contribution is -2.40. The van der Waals surface area contributed by atoms with Gasteiger partial charge in [-0.15, -0.1) is 0 Å². The molecule has 1 fully saturated rings. The molecule has 0 atom stereocenters. The number of alkyl carbamates (subject to hydrolysis) is 1. The van der Waals surface area contributed by atoms with Crippen LogP contribution in [0.15, 0.2) is 53.5 Å². The van der Waals surface area contributed by atoms with Crippen molar-refractivity contribution in [2.45, 2.75) is 70.9 Å². The van der Waals surface area contributed by atoms with Crippen LogP contribution in [0.3, 0.4) is 0 Å². The van der Waals surface area contributed by atoms with E-state index in [-0.39, 0.29) is 23.6 Å². The molecule has 218 valence electrons. The van der Waals surface area contributed by atoms with Crippen molar-refractivity contribution >= 4 is 17.6 Å². The van der Waals surface area contributed by atoms with Crippen molar-refractivity contribution in [2.24, 2.45) is 0 Å². The zero-order valence-corrected chi connectivity index (χ0v) is 24.2. The predicted octanol–water partition coefficient (Wildman–Crippen LogP) is 5.37. The van der Waals surface area contributed by atoms with E-state index in [9.17, 15) is 14.0 Å². The molecule has 0 spiro atoms. The fourth-order valence-corrected chi connectivity index (χ4v) is 5.60. The first-order chi connectivity index (χ1) is 19.6. The summed E-state index contributed by atoms with van der Waals surface area (Å²) >= 11 is 0. The second-order valence-corrected chi connectivity index (χ2v) is 12.1. The molecule has 1 aromatic heterocycles. The monoisotopic (exact) mass is 561 g/mol. The lowest BCUT2D eigenvalue weighted by atomic mass is 9.96. The van der Waals surface area contributed by atoms with Crippen LogP contribution in [-0.2, 0) is 24.0 Å². The maximum Gasteiger partial charge on any atom is 0.407 e. The number of nitrogens with zero attached hydrogens (tertiary/aromatic N) is 3. The number of halogens is 1. The summed E-state index contributed by atoms with van der Waals surface area (Å²) in [4.78, 5) is 31.7. The Kier molecular flexibility index (Phi) is 8.73. The number of hydrogen-bond acceptors (Lipinski definition) is 6. The molecule has 3 heterocycles. The molecular weight excluding hydrogens is 521 g/mol. The summed E-state index contributed by atoms with van der Waals surface area (Å²) in [6.45, 7) is 8.83. The van der Waals surface area contributed by atoms with Crippen LogP contribution < -0.4 is 16.3 Å². The Morgan fingerprint density at radius 3 is 2.59 bits per heavy atom. The molecule has 8 nitrogen and oxygen atoms in total. The molecule has 41 heavy (non-hydrogen) atoms. The third-order valence-electron chi connectivity index (χ3n) is 7.70. The Labute approximate surface area is 240 Å². The number of likely N-dealkylation sites (tertiary alicyclic amines) is 1. The van der Waals surface area contributed by atoms with E-state index in [1.54, 1.807) is 12.1 Å². The van der Waals surface area contributed by atoms with Gasteiger partial charge in [0.2, 0.25) is 0 Å². The van der Waals surface area contributed by atoms with E-state index in [4.69, 9.17) is 4.74 Å². The molecular formula is C32H40FN5O3. The largest absolute Gasteiger partial charge is 0.444 e. The summed E-state index contributed by atoms with van der Waals surface area (Å²) in [7, 11) is 0. The molecule has 9 heteroatoms. The lowest BCUT2D eigenvalue weighted by Gasteiger charge is -2.33. The van der Waals surface area contributed by atoms with E-state index in [2.05, 4.69) is 38.7 Å². The molecule has 2 aliphatic rings. The molecule has 1 saturated heterocycles. The molecule has 0 unspecified atom stereocenters. The average Bonchev–Trinajstić information content (AvgIpc) is 2.92.